The Morgan fingerprint density at radius 2 is 1.80 bits per heavy atom. The van der Waals surface area contributed by atoms with Gasteiger partial charge in [-0.05, 0) is 18.1 Å². The summed E-state index contributed by atoms with van der Waals surface area (Å²) >= 11 is 0. The molecule has 1 aromatic heterocycles. The third-order valence-corrected chi connectivity index (χ3v) is 2.16. The fourth-order valence-electron chi connectivity index (χ4n) is 1.26. The summed E-state index contributed by atoms with van der Waals surface area (Å²) in [6.45, 7) is 6.11. The smallest absolute Gasteiger partial charge is 0.169 e. The van der Waals surface area contributed by atoms with Gasteiger partial charge in [0.1, 0.15) is 0 Å². The van der Waals surface area contributed by atoms with Crippen molar-refractivity contribution >= 4 is 5.78 Å². The third kappa shape index (κ3) is 3.66. The molecule has 0 aliphatic heterocycles. The van der Waals surface area contributed by atoms with Crippen LogP contribution >= 0.6 is 0 Å². The number of ketones is 1. The molecule has 0 aliphatic rings. The highest BCUT2D eigenvalue weighted by Crippen LogP contribution is 2.10. The Bertz CT molecular complexity index is 341. The highest BCUT2D eigenvalue weighted by atomic mass is 16.1. The molecule has 1 rings (SSSR count). The molecule has 0 fully saturated rings. The monoisotopic (exact) mass is 203 g/mol. The van der Waals surface area contributed by atoms with Crippen molar-refractivity contribution in [3.05, 3.63) is 42.2 Å². The number of carbonyl (C=O) groups excluding carboxylic acids is 1. The summed E-state index contributed by atoms with van der Waals surface area (Å²) in [7, 11) is 0. The Morgan fingerprint density at radius 3 is 2.33 bits per heavy atom. The highest BCUT2D eigenvalue weighted by molar-refractivity contribution is 5.98. The summed E-state index contributed by atoms with van der Waals surface area (Å²) in [5.74, 6) is 0.571. The fraction of sp³-hybridized carbons (Fsp3) is 0.385. The Hall–Kier alpha value is -1.44. The summed E-state index contributed by atoms with van der Waals surface area (Å²) in [5.41, 5.74) is 0.728. The van der Waals surface area contributed by atoms with Crippen LogP contribution in [0.3, 0.4) is 0 Å². The second-order valence-corrected chi connectivity index (χ2v) is 4.02. The standard InChI is InChI=1S/C13H17NO/c1-10(2)4-5-11(3)13(15)12-6-8-14-9-7-12/h4-11H,1-3H3/b5-4+/t11-/m1/s1. The van der Waals surface area contributed by atoms with Crippen LogP contribution in [-0.4, -0.2) is 10.8 Å². The molecular weight excluding hydrogens is 186 g/mol. The molecule has 2 nitrogen and oxygen atoms in total. The van der Waals surface area contributed by atoms with Crippen molar-refractivity contribution in [3.63, 3.8) is 0 Å². The molecule has 80 valence electrons. The zero-order chi connectivity index (χ0) is 11.3. The number of hydrogen-bond donors (Lipinski definition) is 0. The summed E-state index contributed by atoms with van der Waals surface area (Å²) in [6, 6.07) is 3.50. The summed E-state index contributed by atoms with van der Waals surface area (Å²) in [5, 5.41) is 0. The molecule has 1 heterocycles. The van der Waals surface area contributed by atoms with E-state index in [0.29, 0.717) is 5.92 Å². The lowest BCUT2D eigenvalue weighted by Gasteiger charge is -2.05. The van der Waals surface area contributed by atoms with E-state index in [1.807, 2.05) is 13.0 Å². The van der Waals surface area contributed by atoms with E-state index in [-0.39, 0.29) is 11.7 Å². The highest BCUT2D eigenvalue weighted by Gasteiger charge is 2.11. The maximum Gasteiger partial charge on any atom is 0.169 e. The van der Waals surface area contributed by atoms with Gasteiger partial charge in [0.2, 0.25) is 0 Å². The Labute approximate surface area is 91.0 Å². The molecule has 0 unspecified atom stereocenters. The van der Waals surface area contributed by atoms with Gasteiger partial charge in [-0.1, -0.05) is 32.9 Å². The lowest BCUT2D eigenvalue weighted by molar-refractivity contribution is 0.0953. The van der Waals surface area contributed by atoms with E-state index < -0.39 is 0 Å². The van der Waals surface area contributed by atoms with E-state index in [2.05, 4.69) is 24.9 Å². The maximum atomic E-state index is 11.9. The quantitative estimate of drug-likeness (QED) is 0.556. The average Bonchev–Trinajstić information content (AvgIpc) is 2.26. The van der Waals surface area contributed by atoms with Crippen molar-refractivity contribution in [2.24, 2.45) is 11.8 Å². The van der Waals surface area contributed by atoms with E-state index in [1.165, 1.54) is 0 Å². The first-order chi connectivity index (χ1) is 7.11. The SMILES string of the molecule is CC(C)/C=C/[C@@H](C)C(=O)c1ccncc1. The first kappa shape index (κ1) is 11.6. The van der Waals surface area contributed by atoms with Gasteiger partial charge in [-0.15, -0.1) is 0 Å². The second kappa shape index (κ2) is 5.44. The van der Waals surface area contributed by atoms with Gasteiger partial charge in [-0.2, -0.15) is 0 Å². The largest absolute Gasteiger partial charge is 0.294 e. The molecule has 0 radical (unpaired) electrons. The second-order valence-electron chi connectivity index (χ2n) is 4.02. The van der Waals surface area contributed by atoms with E-state index in [9.17, 15) is 4.79 Å². The molecule has 1 aromatic rings. The average molecular weight is 203 g/mol. The Kier molecular flexibility index (Phi) is 4.22. The van der Waals surface area contributed by atoms with Gasteiger partial charge in [0.05, 0.1) is 0 Å². The molecule has 2 heteroatoms. The van der Waals surface area contributed by atoms with Crippen LogP contribution in [0.5, 0.6) is 0 Å². The number of pyridine rings is 1. The Balaban J connectivity index is 2.69. The van der Waals surface area contributed by atoms with Gasteiger partial charge < -0.3 is 0 Å². The van der Waals surface area contributed by atoms with Crippen LogP contribution in [0.1, 0.15) is 31.1 Å². The van der Waals surface area contributed by atoms with Gasteiger partial charge in [0.25, 0.3) is 0 Å². The number of aromatic nitrogens is 1. The van der Waals surface area contributed by atoms with Gasteiger partial charge in [-0.25, -0.2) is 0 Å². The molecule has 0 spiro atoms. The molecule has 0 N–H and O–H groups in total. The normalized spacial score (nSPS) is 13.3. The van der Waals surface area contributed by atoms with Crippen molar-refractivity contribution in [1.82, 2.24) is 4.98 Å². The van der Waals surface area contributed by atoms with Crippen molar-refractivity contribution in [2.75, 3.05) is 0 Å². The molecule has 0 aliphatic carbocycles. The Morgan fingerprint density at radius 1 is 1.20 bits per heavy atom. The van der Waals surface area contributed by atoms with Crippen molar-refractivity contribution in [2.45, 2.75) is 20.8 Å². The number of carbonyl (C=O) groups is 1. The summed E-state index contributed by atoms with van der Waals surface area (Å²) < 4.78 is 0. The molecule has 0 aromatic carbocycles. The van der Waals surface area contributed by atoms with Crippen molar-refractivity contribution < 1.29 is 4.79 Å². The van der Waals surface area contributed by atoms with Gasteiger partial charge in [0.15, 0.2) is 5.78 Å². The topological polar surface area (TPSA) is 30.0 Å². The van der Waals surface area contributed by atoms with Crippen molar-refractivity contribution in [1.29, 1.82) is 0 Å². The van der Waals surface area contributed by atoms with Gasteiger partial charge in [-0.3, -0.25) is 9.78 Å². The summed E-state index contributed by atoms with van der Waals surface area (Å²) in [6.07, 6.45) is 7.31. The molecule has 0 bridgehead atoms. The minimum Gasteiger partial charge on any atom is -0.294 e. The van der Waals surface area contributed by atoms with Gasteiger partial charge in [0, 0.05) is 23.9 Å². The van der Waals surface area contributed by atoms with Crippen molar-refractivity contribution in [3.8, 4) is 0 Å². The number of hydrogen-bond acceptors (Lipinski definition) is 2. The molecule has 0 saturated heterocycles. The van der Waals surface area contributed by atoms with Gasteiger partial charge >= 0.3 is 0 Å². The van der Waals surface area contributed by atoms with E-state index in [1.54, 1.807) is 24.5 Å². The fourth-order valence-corrected chi connectivity index (χ4v) is 1.26. The maximum absolute atomic E-state index is 11.9. The van der Waals surface area contributed by atoms with Crippen LogP contribution < -0.4 is 0 Å². The summed E-state index contributed by atoms with van der Waals surface area (Å²) in [4.78, 5) is 15.8. The molecular formula is C13H17NO. The first-order valence-electron chi connectivity index (χ1n) is 5.24. The van der Waals surface area contributed by atoms with E-state index >= 15 is 0 Å². The van der Waals surface area contributed by atoms with E-state index in [0.717, 1.165) is 5.56 Å². The van der Waals surface area contributed by atoms with Crippen LogP contribution in [0.4, 0.5) is 0 Å². The number of rotatable bonds is 4. The lowest BCUT2D eigenvalue weighted by Crippen LogP contribution is -2.08. The number of nitrogens with zero attached hydrogens (tertiary/aromatic N) is 1. The van der Waals surface area contributed by atoms with Crippen LogP contribution in [-0.2, 0) is 0 Å². The zero-order valence-corrected chi connectivity index (χ0v) is 9.47. The molecule has 0 amide bonds. The minimum atomic E-state index is -0.0604. The lowest BCUT2D eigenvalue weighted by atomic mass is 9.98. The van der Waals surface area contributed by atoms with Crippen LogP contribution in [0.25, 0.3) is 0 Å². The minimum absolute atomic E-state index is 0.0604. The zero-order valence-electron chi connectivity index (χ0n) is 9.47. The number of allylic oxidation sites excluding steroid dienone is 2. The number of Topliss-reactive ketones (excluding diaryl/α,β-unsaturated/α-hetero) is 1. The molecule has 0 saturated carbocycles. The van der Waals surface area contributed by atoms with Crippen LogP contribution in [0.15, 0.2) is 36.7 Å². The molecule has 1 atom stereocenters. The third-order valence-electron chi connectivity index (χ3n) is 2.16. The molecule has 15 heavy (non-hydrogen) atoms. The van der Waals surface area contributed by atoms with E-state index in [4.69, 9.17) is 0 Å². The first-order valence-corrected chi connectivity index (χ1v) is 5.24. The predicted octanol–water partition coefficient (Wildman–Crippen LogP) is 3.11. The van der Waals surface area contributed by atoms with Crippen LogP contribution in [0.2, 0.25) is 0 Å². The van der Waals surface area contributed by atoms with Crippen LogP contribution in [0, 0.1) is 11.8 Å². The predicted molar refractivity (Wildman–Crippen MR) is 61.7 cm³/mol.